The lowest BCUT2D eigenvalue weighted by Gasteiger charge is -2.30. The monoisotopic (exact) mass is 497 g/mol. The van der Waals surface area contributed by atoms with Crippen molar-refractivity contribution in [2.75, 3.05) is 6.54 Å². The van der Waals surface area contributed by atoms with E-state index in [2.05, 4.69) is 42.6 Å². The minimum Gasteiger partial charge on any atom is -0.309 e. The van der Waals surface area contributed by atoms with Gasteiger partial charge in [-0.15, -0.1) is 0 Å². The Kier molecular flexibility index (Phi) is 7.40. The van der Waals surface area contributed by atoms with Crippen molar-refractivity contribution in [3.8, 4) is 0 Å². The molecule has 0 amide bonds. The summed E-state index contributed by atoms with van der Waals surface area (Å²) in [7, 11) is 0. The maximum Gasteiger partial charge on any atom is 0.262 e. The predicted molar refractivity (Wildman–Crippen MR) is 140 cm³/mol. The second kappa shape index (κ2) is 10.3. The first-order valence-electron chi connectivity index (χ1n) is 11.3. The van der Waals surface area contributed by atoms with E-state index < -0.39 is 0 Å². The number of halogens is 1. The number of rotatable bonds is 8. The highest BCUT2D eigenvalue weighted by molar-refractivity contribution is 7.98. The van der Waals surface area contributed by atoms with Crippen LogP contribution in [0.1, 0.15) is 33.5 Å². The zero-order valence-corrected chi connectivity index (χ0v) is 21.3. The van der Waals surface area contributed by atoms with Crippen LogP contribution in [0.2, 0.25) is 5.02 Å². The molecule has 0 radical (unpaired) electrons. The average Bonchev–Trinajstić information content (AvgIpc) is 2.79. The summed E-state index contributed by atoms with van der Waals surface area (Å²) in [5.41, 5.74) is 0.939. The molecule has 9 heteroatoms. The van der Waals surface area contributed by atoms with Gasteiger partial charge in [-0.1, -0.05) is 35.5 Å². The second-order valence-corrected chi connectivity index (χ2v) is 10.1. The molecular formula is C25H28ClN5O2S. The van der Waals surface area contributed by atoms with Crippen LogP contribution in [0.5, 0.6) is 0 Å². The number of hydrogen-bond donors (Lipinski definition) is 1. The van der Waals surface area contributed by atoms with Crippen LogP contribution in [0.3, 0.4) is 0 Å². The van der Waals surface area contributed by atoms with Gasteiger partial charge in [0.05, 0.1) is 27.6 Å². The molecule has 178 valence electrons. The Bertz CT molecular complexity index is 1440. The van der Waals surface area contributed by atoms with Crippen molar-refractivity contribution in [2.24, 2.45) is 0 Å². The number of nitrogens with zero attached hydrogens (tertiary/aromatic N) is 4. The molecular weight excluding hydrogens is 470 g/mol. The molecule has 0 bridgehead atoms. The SMILES string of the molecule is CC(C)N(CCn1c(SCc2nc3ccc(Cl)cc3c(=O)[nH]2)nc2ccccc2c1=O)C(C)C. The Hall–Kier alpha value is -2.68. The van der Waals surface area contributed by atoms with Crippen molar-refractivity contribution in [1.29, 1.82) is 0 Å². The molecule has 0 unspecified atom stereocenters. The van der Waals surface area contributed by atoms with E-state index in [0.29, 0.717) is 62.2 Å². The molecule has 2 heterocycles. The van der Waals surface area contributed by atoms with Crippen LogP contribution in [0.4, 0.5) is 0 Å². The third-order valence-electron chi connectivity index (χ3n) is 5.79. The summed E-state index contributed by atoms with van der Waals surface area (Å²) in [5, 5.41) is 2.14. The van der Waals surface area contributed by atoms with E-state index in [1.807, 2.05) is 24.3 Å². The number of aromatic amines is 1. The lowest BCUT2D eigenvalue weighted by molar-refractivity contribution is 0.166. The summed E-state index contributed by atoms with van der Waals surface area (Å²) in [6, 6.07) is 13.2. The zero-order valence-electron chi connectivity index (χ0n) is 19.7. The first-order valence-corrected chi connectivity index (χ1v) is 12.7. The second-order valence-electron chi connectivity index (χ2n) is 8.76. The van der Waals surface area contributed by atoms with Crippen molar-refractivity contribution < 1.29 is 0 Å². The third-order valence-corrected chi connectivity index (χ3v) is 7.01. The first kappa shape index (κ1) is 24.4. The molecule has 34 heavy (non-hydrogen) atoms. The Morgan fingerprint density at radius 3 is 2.44 bits per heavy atom. The molecule has 0 aliphatic carbocycles. The number of thioether (sulfide) groups is 1. The van der Waals surface area contributed by atoms with E-state index in [0.717, 1.165) is 6.54 Å². The van der Waals surface area contributed by atoms with Gasteiger partial charge in [-0.05, 0) is 58.0 Å². The van der Waals surface area contributed by atoms with Crippen LogP contribution in [0.15, 0.2) is 57.2 Å². The Morgan fingerprint density at radius 1 is 1.00 bits per heavy atom. The van der Waals surface area contributed by atoms with E-state index in [4.69, 9.17) is 16.6 Å². The molecule has 0 saturated carbocycles. The average molecular weight is 498 g/mol. The van der Waals surface area contributed by atoms with Crippen molar-refractivity contribution in [3.63, 3.8) is 0 Å². The Labute approximate surface area is 207 Å². The van der Waals surface area contributed by atoms with Gasteiger partial charge in [0.15, 0.2) is 5.16 Å². The summed E-state index contributed by atoms with van der Waals surface area (Å²) in [4.78, 5) is 40.4. The van der Waals surface area contributed by atoms with Gasteiger partial charge in [0, 0.05) is 30.2 Å². The maximum absolute atomic E-state index is 13.4. The quantitative estimate of drug-likeness (QED) is 0.280. The van der Waals surface area contributed by atoms with Crippen LogP contribution < -0.4 is 11.1 Å². The largest absolute Gasteiger partial charge is 0.309 e. The lowest BCUT2D eigenvalue weighted by atomic mass is 10.2. The van der Waals surface area contributed by atoms with Crippen LogP contribution in [0, 0.1) is 0 Å². The van der Waals surface area contributed by atoms with Crippen LogP contribution in [-0.4, -0.2) is 43.0 Å². The fraction of sp³-hybridized carbons (Fsp3) is 0.360. The highest BCUT2D eigenvalue weighted by atomic mass is 35.5. The van der Waals surface area contributed by atoms with E-state index >= 15 is 0 Å². The molecule has 0 spiro atoms. The summed E-state index contributed by atoms with van der Waals surface area (Å²) in [5.74, 6) is 0.890. The minimum atomic E-state index is -0.239. The predicted octanol–water partition coefficient (Wildman–Crippen LogP) is 4.70. The molecule has 0 atom stereocenters. The fourth-order valence-electron chi connectivity index (χ4n) is 4.14. The van der Waals surface area contributed by atoms with Crippen molar-refractivity contribution in [3.05, 3.63) is 74.0 Å². The first-order chi connectivity index (χ1) is 16.2. The zero-order chi connectivity index (χ0) is 24.4. The van der Waals surface area contributed by atoms with Gasteiger partial charge in [-0.25, -0.2) is 9.97 Å². The van der Waals surface area contributed by atoms with E-state index in [1.54, 1.807) is 22.8 Å². The Balaban J connectivity index is 1.68. The Morgan fingerprint density at radius 2 is 1.71 bits per heavy atom. The van der Waals surface area contributed by atoms with Crippen molar-refractivity contribution >= 4 is 45.2 Å². The summed E-state index contributed by atoms with van der Waals surface area (Å²) in [6.45, 7) is 9.89. The van der Waals surface area contributed by atoms with Gasteiger partial charge in [-0.3, -0.25) is 19.1 Å². The van der Waals surface area contributed by atoms with E-state index in [-0.39, 0.29) is 11.1 Å². The van der Waals surface area contributed by atoms with Crippen molar-refractivity contribution in [1.82, 2.24) is 24.4 Å². The van der Waals surface area contributed by atoms with Gasteiger partial charge < -0.3 is 4.98 Å². The molecule has 0 aliphatic heterocycles. The normalized spacial score (nSPS) is 12.0. The number of nitrogens with one attached hydrogen (secondary N) is 1. The molecule has 2 aromatic heterocycles. The highest BCUT2D eigenvalue weighted by Gasteiger charge is 2.17. The molecule has 7 nitrogen and oxygen atoms in total. The molecule has 0 saturated heterocycles. The number of hydrogen-bond acceptors (Lipinski definition) is 6. The van der Waals surface area contributed by atoms with Crippen LogP contribution >= 0.6 is 23.4 Å². The van der Waals surface area contributed by atoms with E-state index in [9.17, 15) is 9.59 Å². The topological polar surface area (TPSA) is 83.9 Å². The highest BCUT2D eigenvalue weighted by Crippen LogP contribution is 2.22. The standard InChI is InChI=1S/C25H28ClN5O2S/c1-15(2)30(16(3)4)11-12-31-24(33)18-7-5-6-8-20(18)28-25(31)34-14-22-27-21-10-9-17(26)13-19(21)23(32)29-22/h5-10,13,15-16H,11-12,14H2,1-4H3,(H,27,29,32). The molecule has 4 rings (SSSR count). The summed E-state index contributed by atoms with van der Waals surface area (Å²) >= 11 is 7.41. The smallest absolute Gasteiger partial charge is 0.262 e. The number of aromatic nitrogens is 4. The maximum atomic E-state index is 13.4. The van der Waals surface area contributed by atoms with Gasteiger partial charge in [0.1, 0.15) is 5.82 Å². The third kappa shape index (κ3) is 5.19. The van der Waals surface area contributed by atoms with Gasteiger partial charge in [0.2, 0.25) is 0 Å². The molecule has 1 N–H and O–H groups in total. The fourth-order valence-corrected chi connectivity index (χ4v) is 5.21. The molecule has 4 aromatic rings. The minimum absolute atomic E-state index is 0.0600. The number of benzene rings is 2. The summed E-state index contributed by atoms with van der Waals surface area (Å²) in [6.07, 6.45) is 0. The van der Waals surface area contributed by atoms with E-state index in [1.165, 1.54) is 11.8 Å². The lowest BCUT2D eigenvalue weighted by Crippen LogP contribution is -2.40. The summed E-state index contributed by atoms with van der Waals surface area (Å²) < 4.78 is 1.74. The number of para-hydroxylation sites is 1. The molecule has 0 aliphatic rings. The van der Waals surface area contributed by atoms with Gasteiger partial charge in [-0.2, -0.15) is 0 Å². The molecule has 0 fully saturated rings. The van der Waals surface area contributed by atoms with Gasteiger partial charge in [0.25, 0.3) is 11.1 Å². The molecule has 2 aromatic carbocycles. The van der Waals surface area contributed by atoms with Crippen molar-refractivity contribution in [2.45, 2.75) is 57.2 Å². The van der Waals surface area contributed by atoms with Crippen LogP contribution in [0.25, 0.3) is 21.8 Å². The number of H-pyrrole nitrogens is 1. The van der Waals surface area contributed by atoms with Gasteiger partial charge >= 0.3 is 0 Å². The number of fused-ring (bicyclic) bond motifs is 2. The van der Waals surface area contributed by atoms with Crippen LogP contribution in [-0.2, 0) is 12.3 Å².